The highest BCUT2D eigenvalue weighted by Crippen LogP contribution is 2.36. The predicted octanol–water partition coefficient (Wildman–Crippen LogP) is 6.08. The molecule has 0 radical (unpaired) electrons. The number of imide groups is 1. The van der Waals surface area contributed by atoms with E-state index in [0.717, 1.165) is 34.3 Å². The van der Waals surface area contributed by atoms with Crippen LogP contribution in [0.15, 0.2) is 84.0 Å². The fourth-order valence-corrected chi connectivity index (χ4v) is 9.10. The van der Waals surface area contributed by atoms with E-state index in [1.54, 1.807) is 70.0 Å². The first-order chi connectivity index (χ1) is 30.3. The van der Waals surface area contributed by atoms with Gasteiger partial charge >= 0.3 is 6.18 Å². The molecule has 2 fully saturated rings. The number of amides is 5. The Bertz CT molecular complexity index is 2680. The Morgan fingerprint density at radius 3 is 2.59 bits per heavy atom. The van der Waals surface area contributed by atoms with E-state index in [4.69, 9.17) is 0 Å². The first kappa shape index (κ1) is 43.2. The van der Waals surface area contributed by atoms with E-state index in [0.29, 0.717) is 74.5 Å². The number of fused-ring (bicyclic) bond motifs is 2. The lowest BCUT2D eigenvalue weighted by molar-refractivity contribution is -0.139. The van der Waals surface area contributed by atoms with E-state index in [2.05, 4.69) is 32.6 Å². The number of nitrogens with one attached hydrogen (secondary N) is 2. The van der Waals surface area contributed by atoms with Gasteiger partial charge in [0.05, 0.1) is 11.8 Å². The zero-order valence-electron chi connectivity index (χ0n) is 34.3. The van der Waals surface area contributed by atoms with Crippen molar-refractivity contribution >= 4 is 52.6 Å². The lowest BCUT2D eigenvalue weighted by atomic mass is 10.0. The second kappa shape index (κ2) is 18.5. The molecule has 0 bridgehead atoms. The van der Waals surface area contributed by atoms with Crippen LogP contribution in [-0.4, -0.2) is 96.8 Å². The van der Waals surface area contributed by atoms with Gasteiger partial charge in [0.15, 0.2) is 5.65 Å². The maximum atomic E-state index is 14.4. The number of nitrogens with zero attached hydrogens (tertiary/aromatic N) is 6. The molecule has 0 aliphatic carbocycles. The van der Waals surface area contributed by atoms with Crippen molar-refractivity contribution in [3.8, 4) is 11.8 Å². The SMILES string of the molecule is Cc1ccc(C(=O)Nc2ccc(CN3CCN(C(=O)CCCCSc4cccc5c4CN(C4CCC(=O)NC4=O)C5=O)CC3)c(C(F)(F)F)c2)cc1C#Cc1cnc2cccnn12. The number of aromatic nitrogens is 3. The molecule has 0 spiro atoms. The van der Waals surface area contributed by atoms with Crippen molar-refractivity contribution < 1.29 is 37.1 Å². The van der Waals surface area contributed by atoms with Gasteiger partial charge in [0.2, 0.25) is 17.7 Å². The zero-order chi connectivity index (χ0) is 44.3. The molecule has 2 aromatic heterocycles. The Morgan fingerprint density at radius 2 is 1.79 bits per heavy atom. The number of benzene rings is 3. The number of aryl methyl sites for hydroxylation is 1. The quantitative estimate of drug-likeness (QED) is 0.0698. The molecule has 5 amide bonds. The summed E-state index contributed by atoms with van der Waals surface area (Å²) in [5.41, 5.74) is 3.50. The fraction of sp³-hybridized carbons (Fsp3) is 0.326. The lowest BCUT2D eigenvalue weighted by Gasteiger charge is -2.35. The van der Waals surface area contributed by atoms with E-state index >= 15 is 0 Å². The van der Waals surface area contributed by atoms with Gasteiger partial charge in [-0.25, -0.2) is 9.50 Å². The number of piperazine rings is 1. The second-order valence-corrected chi connectivity index (χ2v) is 16.8. The van der Waals surface area contributed by atoms with E-state index in [-0.39, 0.29) is 47.5 Å². The highest BCUT2D eigenvalue weighted by molar-refractivity contribution is 7.99. The molecule has 0 saturated carbocycles. The number of imidazole rings is 1. The van der Waals surface area contributed by atoms with E-state index in [1.165, 1.54) is 17.0 Å². The Kier molecular flexibility index (Phi) is 12.6. The van der Waals surface area contributed by atoms with Gasteiger partial charge in [0, 0.05) is 85.6 Å². The van der Waals surface area contributed by atoms with Crippen LogP contribution in [0.5, 0.6) is 0 Å². The lowest BCUT2D eigenvalue weighted by Crippen LogP contribution is -2.52. The summed E-state index contributed by atoms with van der Waals surface area (Å²) in [5.74, 6) is 5.23. The molecule has 2 saturated heterocycles. The van der Waals surface area contributed by atoms with Gasteiger partial charge in [-0.15, -0.1) is 11.8 Å². The molecule has 17 heteroatoms. The molecular weight excluding hydrogens is 834 g/mol. The molecule has 5 aromatic rings. The third-order valence-corrected chi connectivity index (χ3v) is 12.7. The van der Waals surface area contributed by atoms with Crippen molar-refractivity contribution in [2.45, 2.75) is 69.2 Å². The summed E-state index contributed by atoms with van der Waals surface area (Å²) in [6.07, 6.45) is 0.798. The Labute approximate surface area is 365 Å². The minimum Gasteiger partial charge on any atom is -0.340 e. The van der Waals surface area contributed by atoms with Crippen LogP contribution < -0.4 is 10.6 Å². The van der Waals surface area contributed by atoms with Gasteiger partial charge in [-0.1, -0.05) is 24.1 Å². The molecule has 8 rings (SSSR count). The molecule has 2 N–H and O–H groups in total. The van der Waals surface area contributed by atoms with Crippen molar-refractivity contribution in [2.75, 3.05) is 37.2 Å². The Morgan fingerprint density at radius 1 is 0.968 bits per heavy atom. The van der Waals surface area contributed by atoms with Crippen molar-refractivity contribution in [3.63, 3.8) is 0 Å². The molecular formula is C46H43F3N8O5S. The van der Waals surface area contributed by atoms with Crippen molar-refractivity contribution in [2.24, 2.45) is 0 Å². The summed E-state index contributed by atoms with van der Waals surface area (Å²) in [6, 6.07) is 17.1. The van der Waals surface area contributed by atoms with Gasteiger partial charge in [-0.05, 0) is 103 Å². The summed E-state index contributed by atoms with van der Waals surface area (Å²) in [7, 11) is 0. The third kappa shape index (κ3) is 9.77. The van der Waals surface area contributed by atoms with E-state index in [9.17, 15) is 37.1 Å². The van der Waals surface area contributed by atoms with Crippen molar-refractivity contribution in [3.05, 3.63) is 124 Å². The predicted molar refractivity (Wildman–Crippen MR) is 228 cm³/mol. The van der Waals surface area contributed by atoms with Gasteiger partial charge in [-0.3, -0.25) is 34.2 Å². The number of anilines is 1. The van der Waals surface area contributed by atoms with E-state index in [1.807, 2.05) is 24.0 Å². The summed E-state index contributed by atoms with van der Waals surface area (Å²) < 4.78 is 44.8. The number of rotatable bonds is 11. The summed E-state index contributed by atoms with van der Waals surface area (Å²) in [5, 5.41) is 9.19. The molecule has 1 unspecified atom stereocenters. The maximum Gasteiger partial charge on any atom is 0.416 e. The number of unbranched alkanes of at least 4 members (excludes halogenated alkanes) is 1. The fourth-order valence-electron chi connectivity index (χ4n) is 8.01. The van der Waals surface area contributed by atoms with Crippen LogP contribution in [0.2, 0.25) is 0 Å². The molecule has 63 heavy (non-hydrogen) atoms. The third-order valence-electron chi connectivity index (χ3n) is 11.5. The molecule has 5 heterocycles. The summed E-state index contributed by atoms with van der Waals surface area (Å²) in [4.78, 5) is 74.0. The van der Waals surface area contributed by atoms with Gasteiger partial charge in [-0.2, -0.15) is 18.3 Å². The van der Waals surface area contributed by atoms with E-state index < -0.39 is 29.6 Å². The highest BCUT2D eigenvalue weighted by Gasteiger charge is 2.40. The molecule has 3 aliphatic heterocycles. The summed E-state index contributed by atoms with van der Waals surface area (Å²) in [6.45, 7) is 3.80. The zero-order valence-corrected chi connectivity index (χ0v) is 35.2. The molecule has 3 aliphatic rings. The van der Waals surface area contributed by atoms with Gasteiger partial charge in [0.25, 0.3) is 11.8 Å². The summed E-state index contributed by atoms with van der Waals surface area (Å²) >= 11 is 1.60. The van der Waals surface area contributed by atoms with Crippen LogP contribution in [0.1, 0.15) is 86.3 Å². The monoisotopic (exact) mass is 876 g/mol. The molecule has 324 valence electrons. The number of carbonyl (C=O) groups is 5. The number of hydrogen-bond acceptors (Lipinski definition) is 9. The number of piperidine rings is 1. The minimum absolute atomic E-state index is 0.00113. The van der Waals surface area contributed by atoms with Crippen LogP contribution in [0.25, 0.3) is 5.65 Å². The van der Waals surface area contributed by atoms with Crippen LogP contribution >= 0.6 is 11.8 Å². The maximum absolute atomic E-state index is 14.4. The van der Waals surface area contributed by atoms with Crippen LogP contribution in [0.3, 0.4) is 0 Å². The number of carbonyl (C=O) groups excluding carboxylic acids is 5. The van der Waals surface area contributed by atoms with Crippen LogP contribution in [0.4, 0.5) is 18.9 Å². The number of alkyl halides is 3. The normalized spacial score (nSPS) is 16.8. The van der Waals surface area contributed by atoms with Crippen molar-refractivity contribution in [1.29, 1.82) is 0 Å². The largest absolute Gasteiger partial charge is 0.416 e. The Hall–Kier alpha value is -6.51. The smallest absolute Gasteiger partial charge is 0.340 e. The second-order valence-electron chi connectivity index (χ2n) is 15.7. The van der Waals surface area contributed by atoms with Crippen LogP contribution in [0, 0.1) is 18.8 Å². The van der Waals surface area contributed by atoms with Gasteiger partial charge < -0.3 is 15.1 Å². The first-order valence-corrected chi connectivity index (χ1v) is 21.6. The van der Waals surface area contributed by atoms with Gasteiger partial charge in [0.1, 0.15) is 11.7 Å². The minimum atomic E-state index is -4.67. The number of halogens is 3. The number of thioether (sulfide) groups is 1. The Balaban J connectivity index is 0.803. The highest BCUT2D eigenvalue weighted by atomic mass is 32.2. The topological polar surface area (TPSA) is 149 Å². The van der Waals surface area contributed by atoms with Crippen molar-refractivity contribution in [1.82, 2.24) is 34.6 Å². The molecule has 3 aromatic carbocycles. The first-order valence-electron chi connectivity index (χ1n) is 20.6. The molecule has 13 nitrogen and oxygen atoms in total. The standard InChI is InChI=1S/C46H43F3N8O5S/c1-29-10-11-31(24-30(29)13-15-34-26-50-40-8-5-18-51-57(34)40)43(60)52-33-14-12-32(37(25-33)46(47,48)49)27-54-19-21-55(22-20-54)42(59)9-2-3-23-63-39-7-4-6-35-36(39)28-56(45(35)62)38-16-17-41(58)53-44(38)61/h4-8,10-12,14,18,24-26,38H,2-3,9,16-17,19-23,27-28H2,1H3,(H,52,60)(H,53,58,61). The molecule has 1 atom stereocenters. The number of hydrogen-bond donors (Lipinski definition) is 2. The van der Waals surface area contributed by atoms with Crippen LogP contribution in [-0.2, 0) is 33.6 Å². The average Bonchev–Trinajstić information content (AvgIpc) is 3.84. The average molecular weight is 877 g/mol.